The second kappa shape index (κ2) is 6.44. The average molecular weight is 279 g/mol. The van der Waals surface area contributed by atoms with E-state index in [-0.39, 0.29) is 5.97 Å². The predicted molar refractivity (Wildman–Crippen MR) is 77.7 cm³/mol. The van der Waals surface area contributed by atoms with Crippen molar-refractivity contribution in [1.82, 2.24) is 5.32 Å². The number of aryl methyl sites for hydroxylation is 1. The monoisotopic (exact) mass is 279 g/mol. The minimum absolute atomic E-state index is 0.336. The standard InChI is InChI=1S/C16H25NO3/c1-12-14(15(18)19-3)9-13(20-12)10-17-11-16(2)7-5-4-6-8-16/h9,17H,4-8,10-11H2,1-3H3. The first-order valence-electron chi connectivity index (χ1n) is 7.42. The molecule has 1 fully saturated rings. The Labute approximate surface area is 120 Å². The van der Waals surface area contributed by atoms with Crippen LogP contribution in [-0.2, 0) is 11.3 Å². The van der Waals surface area contributed by atoms with E-state index in [0.29, 0.717) is 23.3 Å². The number of methoxy groups -OCH3 is 1. The van der Waals surface area contributed by atoms with Gasteiger partial charge in [-0.25, -0.2) is 4.79 Å². The van der Waals surface area contributed by atoms with Crippen molar-refractivity contribution in [3.8, 4) is 0 Å². The third-order valence-corrected chi connectivity index (χ3v) is 4.29. The maximum Gasteiger partial charge on any atom is 0.341 e. The molecule has 0 radical (unpaired) electrons. The first-order chi connectivity index (χ1) is 9.54. The molecular weight excluding hydrogens is 254 g/mol. The Morgan fingerprint density at radius 1 is 1.40 bits per heavy atom. The Bertz CT molecular complexity index is 458. The summed E-state index contributed by atoms with van der Waals surface area (Å²) < 4.78 is 10.3. The van der Waals surface area contributed by atoms with E-state index in [1.54, 1.807) is 13.0 Å². The molecule has 4 nitrogen and oxygen atoms in total. The zero-order chi connectivity index (χ0) is 14.6. The van der Waals surface area contributed by atoms with E-state index in [9.17, 15) is 4.79 Å². The summed E-state index contributed by atoms with van der Waals surface area (Å²) in [4.78, 5) is 11.5. The molecule has 0 amide bonds. The Hall–Kier alpha value is -1.29. The fourth-order valence-corrected chi connectivity index (χ4v) is 3.01. The third kappa shape index (κ3) is 3.63. The molecule has 1 aliphatic rings. The maximum absolute atomic E-state index is 11.5. The van der Waals surface area contributed by atoms with E-state index < -0.39 is 0 Å². The van der Waals surface area contributed by atoms with Crippen molar-refractivity contribution in [2.45, 2.75) is 52.5 Å². The third-order valence-electron chi connectivity index (χ3n) is 4.29. The van der Waals surface area contributed by atoms with E-state index in [4.69, 9.17) is 9.15 Å². The van der Waals surface area contributed by atoms with Crippen LogP contribution in [0.3, 0.4) is 0 Å². The topological polar surface area (TPSA) is 51.5 Å². The van der Waals surface area contributed by atoms with Crippen molar-refractivity contribution in [3.63, 3.8) is 0 Å². The summed E-state index contributed by atoms with van der Waals surface area (Å²) in [6, 6.07) is 1.78. The molecule has 1 aliphatic carbocycles. The van der Waals surface area contributed by atoms with Gasteiger partial charge < -0.3 is 14.5 Å². The predicted octanol–water partition coefficient (Wildman–Crippen LogP) is 3.43. The quantitative estimate of drug-likeness (QED) is 0.839. The molecule has 0 aromatic carbocycles. The zero-order valence-electron chi connectivity index (χ0n) is 12.8. The van der Waals surface area contributed by atoms with Gasteiger partial charge in [0.15, 0.2) is 0 Å². The molecule has 2 rings (SSSR count). The van der Waals surface area contributed by atoms with E-state index in [1.807, 2.05) is 0 Å². The molecule has 0 unspecified atom stereocenters. The number of hydrogen-bond donors (Lipinski definition) is 1. The van der Waals surface area contributed by atoms with Gasteiger partial charge in [0.25, 0.3) is 0 Å². The Kier molecular flexibility index (Phi) is 4.86. The molecule has 1 saturated carbocycles. The molecule has 0 aliphatic heterocycles. The SMILES string of the molecule is COC(=O)c1cc(CNCC2(C)CCCCC2)oc1C. The lowest BCUT2D eigenvalue weighted by molar-refractivity contribution is 0.0599. The zero-order valence-corrected chi connectivity index (χ0v) is 12.8. The van der Waals surface area contributed by atoms with Crippen molar-refractivity contribution >= 4 is 5.97 Å². The molecule has 1 heterocycles. The highest BCUT2D eigenvalue weighted by molar-refractivity contribution is 5.90. The Morgan fingerprint density at radius 2 is 2.10 bits per heavy atom. The van der Waals surface area contributed by atoms with Gasteiger partial charge in [-0.05, 0) is 31.2 Å². The Balaban J connectivity index is 1.86. The van der Waals surface area contributed by atoms with Gasteiger partial charge in [0.1, 0.15) is 17.1 Å². The lowest BCUT2D eigenvalue weighted by Gasteiger charge is -2.33. The molecule has 1 aromatic rings. The molecule has 1 N–H and O–H groups in total. The van der Waals surface area contributed by atoms with Crippen molar-refractivity contribution in [3.05, 3.63) is 23.2 Å². The number of carbonyl (C=O) groups is 1. The minimum Gasteiger partial charge on any atom is -0.465 e. The lowest BCUT2D eigenvalue weighted by Crippen LogP contribution is -2.33. The summed E-state index contributed by atoms with van der Waals surface area (Å²) in [5.41, 5.74) is 0.929. The highest BCUT2D eigenvalue weighted by Crippen LogP contribution is 2.35. The van der Waals surface area contributed by atoms with Crippen LogP contribution in [0.4, 0.5) is 0 Å². The molecular formula is C16H25NO3. The normalized spacial score (nSPS) is 17.9. The average Bonchev–Trinajstić information content (AvgIpc) is 2.79. The summed E-state index contributed by atoms with van der Waals surface area (Å²) in [6.07, 6.45) is 6.64. The van der Waals surface area contributed by atoms with Gasteiger partial charge in [0.05, 0.1) is 13.7 Å². The molecule has 0 atom stereocenters. The van der Waals surface area contributed by atoms with Crippen molar-refractivity contribution < 1.29 is 13.9 Å². The van der Waals surface area contributed by atoms with Gasteiger partial charge in [-0.3, -0.25) is 0 Å². The van der Waals surface area contributed by atoms with Crippen LogP contribution >= 0.6 is 0 Å². The second-order valence-corrected chi connectivity index (χ2v) is 6.15. The summed E-state index contributed by atoms with van der Waals surface area (Å²) in [7, 11) is 1.39. The van der Waals surface area contributed by atoms with Crippen LogP contribution in [0.5, 0.6) is 0 Å². The number of rotatable bonds is 5. The summed E-state index contributed by atoms with van der Waals surface area (Å²) in [6.45, 7) is 5.80. The van der Waals surface area contributed by atoms with Gasteiger partial charge in [0, 0.05) is 6.54 Å². The largest absolute Gasteiger partial charge is 0.465 e. The molecule has 1 aromatic heterocycles. The van der Waals surface area contributed by atoms with Crippen molar-refractivity contribution in [1.29, 1.82) is 0 Å². The highest BCUT2D eigenvalue weighted by Gasteiger charge is 2.26. The van der Waals surface area contributed by atoms with E-state index in [0.717, 1.165) is 12.3 Å². The van der Waals surface area contributed by atoms with Crippen LogP contribution in [0.15, 0.2) is 10.5 Å². The van der Waals surface area contributed by atoms with Gasteiger partial charge in [-0.15, -0.1) is 0 Å². The molecule has 112 valence electrons. The molecule has 0 bridgehead atoms. The molecule has 0 spiro atoms. The van der Waals surface area contributed by atoms with Crippen LogP contribution in [0.1, 0.15) is 60.9 Å². The van der Waals surface area contributed by atoms with E-state index in [1.165, 1.54) is 39.2 Å². The van der Waals surface area contributed by atoms with Crippen LogP contribution in [0.2, 0.25) is 0 Å². The van der Waals surface area contributed by atoms with E-state index >= 15 is 0 Å². The highest BCUT2D eigenvalue weighted by atomic mass is 16.5. The molecule has 20 heavy (non-hydrogen) atoms. The summed E-state index contributed by atoms with van der Waals surface area (Å²) >= 11 is 0. The van der Waals surface area contributed by atoms with Crippen LogP contribution in [0.25, 0.3) is 0 Å². The van der Waals surface area contributed by atoms with Gasteiger partial charge >= 0.3 is 5.97 Å². The number of carbonyl (C=O) groups excluding carboxylic acids is 1. The lowest BCUT2D eigenvalue weighted by atomic mass is 9.76. The first-order valence-corrected chi connectivity index (χ1v) is 7.42. The minimum atomic E-state index is -0.336. The fourth-order valence-electron chi connectivity index (χ4n) is 3.01. The fraction of sp³-hybridized carbons (Fsp3) is 0.688. The smallest absolute Gasteiger partial charge is 0.341 e. The van der Waals surface area contributed by atoms with Crippen molar-refractivity contribution in [2.75, 3.05) is 13.7 Å². The Morgan fingerprint density at radius 3 is 2.75 bits per heavy atom. The van der Waals surface area contributed by atoms with Crippen LogP contribution < -0.4 is 5.32 Å². The van der Waals surface area contributed by atoms with E-state index in [2.05, 4.69) is 12.2 Å². The number of furan rings is 1. The first kappa shape index (κ1) is 15.1. The van der Waals surface area contributed by atoms with Crippen LogP contribution in [0, 0.1) is 12.3 Å². The van der Waals surface area contributed by atoms with Gasteiger partial charge in [-0.1, -0.05) is 26.2 Å². The molecule has 0 saturated heterocycles. The number of hydrogen-bond acceptors (Lipinski definition) is 4. The second-order valence-electron chi connectivity index (χ2n) is 6.15. The summed E-state index contributed by atoms with van der Waals surface area (Å²) in [5, 5.41) is 3.46. The maximum atomic E-state index is 11.5. The summed E-state index contributed by atoms with van der Waals surface area (Å²) in [5.74, 6) is 1.08. The number of esters is 1. The van der Waals surface area contributed by atoms with Crippen molar-refractivity contribution in [2.24, 2.45) is 5.41 Å². The van der Waals surface area contributed by atoms with Gasteiger partial charge in [0.2, 0.25) is 0 Å². The molecule has 4 heteroatoms. The van der Waals surface area contributed by atoms with Gasteiger partial charge in [-0.2, -0.15) is 0 Å². The number of ether oxygens (including phenoxy) is 1. The number of nitrogens with one attached hydrogen (secondary N) is 1. The van der Waals surface area contributed by atoms with Crippen LogP contribution in [-0.4, -0.2) is 19.6 Å².